The Balaban J connectivity index is 2.52. The number of Topliss-reactive ketones (excluding diaryl/α,β-unsaturated/α-hetero) is 1. The van der Waals surface area contributed by atoms with E-state index >= 15 is 0 Å². The van der Waals surface area contributed by atoms with E-state index in [0.29, 0.717) is 12.8 Å². The summed E-state index contributed by atoms with van der Waals surface area (Å²) in [6.45, 7) is 1.63. The van der Waals surface area contributed by atoms with Crippen molar-refractivity contribution >= 4 is 5.78 Å². The van der Waals surface area contributed by atoms with Crippen LogP contribution in [0.5, 0.6) is 5.75 Å². The Bertz CT molecular complexity index is 497. The second-order valence-electron chi connectivity index (χ2n) is 5.42. The second kappa shape index (κ2) is 5.94. The lowest BCUT2D eigenvalue weighted by molar-refractivity contribution is -0.127. The highest BCUT2D eigenvalue weighted by atomic mass is 16.5. The van der Waals surface area contributed by atoms with Crippen molar-refractivity contribution in [3.63, 3.8) is 0 Å². The fourth-order valence-corrected chi connectivity index (χ4v) is 3.21. The van der Waals surface area contributed by atoms with Gasteiger partial charge in [-0.25, -0.2) is 0 Å². The molecular weight excluding hydrogens is 256 g/mol. The molecule has 0 fully saturated rings. The summed E-state index contributed by atoms with van der Waals surface area (Å²) in [6.07, 6.45) is 1.22. The zero-order valence-electron chi connectivity index (χ0n) is 12.1. The molecule has 1 aliphatic carbocycles. The third kappa shape index (κ3) is 2.45. The number of rotatable bonds is 5. The first-order chi connectivity index (χ1) is 9.57. The van der Waals surface area contributed by atoms with Gasteiger partial charge < -0.3 is 14.9 Å². The van der Waals surface area contributed by atoms with Crippen molar-refractivity contribution in [2.75, 3.05) is 13.7 Å². The molecule has 0 saturated carbocycles. The van der Waals surface area contributed by atoms with Gasteiger partial charge in [0.05, 0.1) is 25.2 Å². The summed E-state index contributed by atoms with van der Waals surface area (Å²) in [4.78, 5) is 12.5. The number of carbonyl (C=O) groups excluding carboxylic acids is 1. The Morgan fingerprint density at radius 1 is 1.40 bits per heavy atom. The van der Waals surface area contributed by atoms with Gasteiger partial charge in [0.2, 0.25) is 0 Å². The number of aliphatic hydroxyl groups is 2. The molecule has 0 aliphatic heterocycles. The van der Waals surface area contributed by atoms with E-state index in [9.17, 15) is 9.90 Å². The minimum absolute atomic E-state index is 0.147. The third-order valence-electron chi connectivity index (χ3n) is 4.39. The van der Waals surface area contributed by atoms with Gasteiger partial charge in [0.15, 0.2) is 0 Å². The first-order valence-electron chi connectivity index (χ1n) is 7.07. The van der Waals surface area contributed by atoms with Crippen LogP contribution in [0.3, 0.4) is 0 Å². The van der Waals surface area contributed by atoms with E-state index in [1.165, 1.54) is 0 Å². The number of benzene rings is 1. The number of hydrogen-bond donors (Lipinski definition) is 2. The van der Waals surface area contributed by atoms with Crippen molar-refractivity contribution in [1.82, 2.24) is 0 Å². The predicted molar refractivity (Wildman–Crippen MR) is 76.0 cm³/mol. The largest absolute Gasteiger partial charge is 0.497 e. The molecule has 2 unspecified atom stereocenters. The number of ether oxygens (including phenoxy) is 1. The molecule has 0 saturated heterocycles. The molecule has 0 bridgehead atoms. The minimum atomic E-state index is -0.879. The summed E-state index contributed by atoms with van der Waals surface area (Å²) < 4.78 is 5.26. The molecule has 2 rings (SSSR count). The normalized spacial score (nSPS) is 23.3. The summed E-state index contributed by atoms with van der Waals surface area (Å²) in [7, 11) is 1.60. The summed E-state index contributed by atoms with van der Waals surface area (Å²) in [6, 6.07) is 5.80. The van der Waals surface area contributed by atoms with Crippen LogP contribution in [-0.2, 0) is 16.6 Å². The van der Waals surface area contributed by atoms with Gasteiger partial charge in [-0.05, 0) is 42.5 Å². The highest BCUT2D eigenvalue weighted by Gasteiger charge is 2.43. The van der Waals surface area contributed by atoms with Gasteiger partial charge in [-0.3, -0.25) is 4.79 Å². The van der Waals surface area contributed by atoms with Crippen LogP contribution in [0.25, 0.3) is 0 Å². The van der Waals surface area contributed by atoms with Gasteiger partial charge in [-0.1, -0.05) is 13.0 Å². The molecule has 1 aromatic carbocycles. The number of ketones is 1. The highest BCUT2D eigenvalue weighted by molar-refractivity contribution is 5.92. The average molecular weight is 278 g/mol. The number of aryl methyl sites for hydroxylation is 1. The molecule has 0 spiro atoms. The highest BCUT2D eigenvalue weighted by Crippen LogP contribution is 2.42. The van der Waals surface area contributed by atoms with E-state index in [-0.39, 0.29) is 18.8 Å². The lowest BCUT2D eigenvalue weighted by atomic mass is 9.64. The number of carbonyl (C=O) groups is 1. The zero-order valence-corrected chi connectivity index (χ0v) is 12.1. The number of methoxy groups -OCH3 is 1. The lowest BCUT2D eigenvalue weighted by Gasteiger charge is -2.38. The standard InChI is InChI=1S/C16H22O4/c1-3-16(9-12(18)10-17)14-8-13(20-2)6-4-11(14)5-7-15(16)19/h4,6,8,12,17-18H,3,5,7,9-10H2,1-2H3. The second-order valence-corrected chi connectivity index (χ2v) is 5.42. The van der Waals surface area contributed by atoms with Gasteiger partial charge in [-0.15, -0.1) is 0 Å². The molecule has 1 aliphatic rings. The van der Waals surface area contributed by atoms with Crippen LogP contribution in [0, 0.1) is 0 Å². The molecule has 0 radical (unpaired) electrons. The molecule has 0 heterocycles. The summed E-state index contributed by atoms with van der Waals surface area (Å²) in [5.74, 6) is 0.864. The minimum Gasteiger partial charge on any atom is -0.497 e. The van der Waals surface area contributed by atoms with E-state index in [1.54, 1.807) is 7.11 Å². The summed E-state index contributed by atoms with van der Waals surface area (Å²) in [5, 5.41) is 19.0. The van der Waals surface area contributed by atoms with E-state index in [0.717, 1.165) is 23.3 Å². The van der Waals surface area contributed by atoms with Crippen molar-refractivity contribution in [3.05, 3.63) is 29.3 Å². The Morgan fingerprint density at radius 3 is 2.75 bits per heavy atom. The molecular formula is C16H22O4. The Morgan fingerprint density at radius 2 is 2.15 bits per heavy atom. The van der Waals surface area contributed by atoms with Crippen LogP contribution in [-0.4, -0.2) is 35.8 Å². The maximum absolute atomic E-state index is 12.5. The van der Waals surface area contributed by atoms with E-state index in [4.69, 9.17) is 9.84 Å². The van der Waals surface area contributed by atoms with Crippen molar-refractivity contribution in [2.24, 2.45) is 0 Å². The number of aliphatic hydroxyl groups excluding tert-OH is 2. The number of hydrogen-bond acceptors (Lipinski definition) is 4. The van der Waals surface area contributed by atoms with Gasteiger partial charge in [-0.2, -0.15) is 0 Å². The molecule has 110 valence electrons. The van der Waals surface area contributed by atoms with Gasteiger partial charge in [0.1, 0.15) is 11.5 Å². The molecule has 0 aromatic heterocycles. The summed E-state index contributed by atoms with van der Waals surface area (Å²) in [5.41, 5.74) is 1.38. The Labute approximate surface area is 119 Å². The third-order valence-corrected chi connectivity index (χ3v) is 4.39. The van der Waals surface area contributed by atoms with E-state index in [1.807, 2.05) is 25.1 Å². The smallest absolute Gasteiger partial charge is 0.143 e. The maximum Gasteiger partial charge on any atom is 0.143 e. The van der Waals surface area contributed by atoms with Crippen molar-refractivity contribution < 1.29 is 19.7 Å². The predicted octanol–water partition coefficient (Wildman–Crippen LogP) is 1.60. The monoisotopic (exact) mass is 278 g/mol. The summed E-state index contributed by atoms with van der Waals surface area (Å²) >= 11 is 0. The Kier molecular flexibility index (Phi) is 4.45. The zero-order chi connectivity index (χ0) is 14.8. The Hall–Kier alpha value is -1.39. The molecule has 4 nitrogen and oxygen atoms in total. The van der Waals surface area contributed by atoms with Gasteiger partial charge in [0.25, 0.3) is 0 Å². The fourth-order valence-electron chi connectivity index (χ4n) is 3.21. The van der Waals surface area contributed by atoms with Gasteiger partial charge in [0, 0.05) is 6.42 Å². The van der Waals surface area contributed by atoms with Gasteiger partial charge >= 0.3 is 0 Å². The van der Waals surface area contributed by atoms with Crippen LogP contribution in [0.4, 0.5) is 0 Å². The molecule has 2 atom stereocenters. The quantitative estimate of drug-likeness (QED) is 0.858. The van der Waals surface area contributed by atoms with Crippen molar-refractivity contribution in [1.29, 1.82) is 0 Å². The van der Waals surface area contributed by atoms with E-state index in [2.05, 4.69) is 0 Å². The topological polar surface area (TPSA) is 66.8 Å². The average Bonchev–Trinajstić information content (AvgIpc) is 2.49. The van der Waals surface area contributed by atoms with E-state index < -0.39 is 11.5 Å². The first kappa shape index (κ1) is 15.0. The van der Waals surface area contributed by atoms with Crippen LogP contribution in [0.15, 0.2) is 18.2 Å². The van der Waals surface area contributed by atoms with Crippen molar-refractivity contribution in [2.45, 2.75) is 44.1 Å². The fraction of sp³-hybridized carbons (Fsp3) is 0.562. The first-order valence-corrected chi connectivity index (χ1v) is 7.07. The molecule has 0 amide bonds. The van der Waals surface area contributed by atoms with Crippen LogP contribution in [0.2, 0.25) is 0 Å². The molecule has 2 N–H and O–H groups in total. The SMILES string of the molecule is CCC1(CC(O)CO)C(=O)CCc2ccc(OC)cc21. The van der Waals surface area contributed by atoms with Crippen LogP contribution >= 0.6 is 0 Å². The van der Waals surface area contributed by atoms with Crippen LogP contribution < -0.4 is 4.74 Å². The lowest BCUT2D eigenvalue weighted by Crippen LogP contribution is -2.43. The molecule has 4 heteroatoms. The van der Waals surface area contributed by atoms with Crippen LogP contribution in [0.1, 0.15) is 37.3 Å². The molecule has 20 heavy (non-hydrogen) atoms. The van der Waals surface area contributed by atoms with Crippen molar-refractivity contribution in [3.8, 4) is 5.75 Å². The maximum atomic E-state index is 12.5. The molecule has 1 aromatic rings. The number of fused-ring (bicyclic) bond motifs is 1.